The van der Waals surface area contributed by atoms with Crippen molar-refractivity contribution in [2.45, 2.75) is 52.5 Å². The number of hydrogen-bond donors (Lipinski definition) is 2. The normalized spacial score (nSPS) is 17.9. The number of carboxylic acids is 1. The Kier molecular flexibility index (Phi) is 5.82. The maximum atomic E-state index is 12.6. The lowest BCUT2D eigenvalue weighted by atomic mass is 9.89. The molecule has 2 rings (SSSR count). The molecule has 0 saturated carbocycles. The fourth-order valence-corrected chi connectivity index (χ4v) is 2.94. The number of anilines is 1. The molecule has 0 bridgehead atoms. The monoisotopic (exact) mass is 346 g/mol. The van der Waals surface area contributed by atoms with E-state index in [4.69, 9.17) is 5.11 Å². The minimum Gasteiger partial charge on any atom is -0.481 e. The summed E-state index contributed by atoms with van der Waals surface area (Å²) in [6, 6.07) is 6.99. The third-order valence-corrected chi connectivity index (χ3v) is 4.66. The van der Waals surface area contributed by atoms with Crippen LogP contribution in [0.5, 0.6) is 0 Å². The zero-order valence-electron chi connectivity index (χ0n) is 15.0. The van der Waals surface area contributed by atoms with Crippen LogP contribution in [0.2, 0.25) is 0 Å². The smallest absolute Gasteiger partial charge is 0.309 e. The molecule has 0 radical (unpaired) electrons. The van der Waals surface area contributed by atoms with E-state index in [0.29, 0.717) is 11.3 Å². The van der Waals surface area contributed by atoms with Crippen LogP contribution in [0.3, 0.4) is 0 Å². The first-order valence-electron chi connectivity index (χ1n) is 8.65. The van der Waals surface area contributed by atoms with Gasteiger partial charge in [-0.3, -0.25) is 14.4 Å². The highest BCUT2D eigenvalue weighted by molar-refractivity contribution is 5.97. The number of piperidine rings is 1. The third kappa shape index (κ3) is 4.81. The van der Waals surface area contributed by atoms with Gasteiger partial charge in [0.1, 0.15) is 0 Å². The summed E-state index contributed by atoms with van der Waals surface area (Å²) >= 11 is 0. The van der Waals surface area contributed by atoms with Gasteiger partial charge >= 0.3 is 5.97 Å². The van der Waals surface area contributed by atoms with Crippen LogP contribution in [0, 0.1) is 5.41 Å². The number of nitrogens with zero attached hydrogens (tertiary/aromatic N) is 1. The zero-order valence-corrected chi connectivity index (χ0v) is 15.0. The molecule has 6 nitrogen and oxygen atoms in total. The molecule has 1 unspecified atom stereocenters. The number of amides is 2. The number of aliphatic carboxylic acids is 1. The lowest BCUT2D eigenvalue weighted by Crippen LogP contribution is -2.42. The van der Waals surface area contributed by atoms with Crippen LogP contribution in [0.4, 0.5) is 5.69 Å². The summed E-state index contributed by atoms with van der Waals surface area (Å²) < 4.78 is 0. The molecular formula is C19H26N2O4. The van der Waals surface area contributed by atoms with Crippen LogP contribution >= 0.6 is 0 Å². The van der Waals surface area contributed by atoms with Gasteiger partial charge < -0.3 is 15.3 Å². The van der Waals surface area contributed by atoms with E-state index < -0.39 is 11.4 Å². The maximum absolute atomic E-state index is 12.6. The molecule has 1 fully saturated rings. The van der Waals surface area contributed by atoms with Gasteiger partial charge in [-0.05, 0) is 64.3 Å². The summed E-state index contributed by atoms with van der Waals surface area (Å²) in [5.41, 5.74) is 0.0248. The number of hydrogen-bond acceptors (Lipinski definition) is 3. The summed E-state index contributed by atoms with van der Waals surface area (Å²) in [7, 11) is 0. The minimum absolute atomic E-state index is 0.0112. The van der Waals surface area contributed by atoms with Crippen LogP contribution in [-0.4, -0.2) is 40.4 Å². The van der Waals surface area contributed by atoms with E-state index in [1.165, 1.54) is 13.8 Å². The van der Waals surface area contributed by atoms with Gasteiger partial charge in [0.25, 0.3) is 5.91 Å². The van der Waals surface area contributed by atoms with Gasteiger partial charge in [0.05, 0.1) is 5.41 Å². The number of carbonyl (C=O) groups is 3. The van der Waals surface area contributed by atoms with Gasteiger partial charge in [-0.25, -0.2) is 0 Å². The lowest BCUT2D eigenvalue weighted by Gasteiger charge is -2.33. The average Bonchev–Trinajstić information content (AvgIpc) is 2.54. The van der Waals surface area contributed by atoms with E-state index in [9.17, 15) is 14.4 Å². The van der Waals surface area contributed by atoms with Gasteiger partial charge in [0.2, 0.25) is 5.91 Å². The number of nitrogens with one attached hydrogen (secondary N) is 1. The van der Waals surface area contributed by atoms with Gasteiger partial charge in [0.15, 0.2) is 0 Å². The topological polar surface area (TPSA) is 86.7 Å². The van der Waals surface area contributed by atoms with E-state index in [2.05, 4.69) is 12.2 Å². The van der Waals surface area contributed by atoms with Crippen LogP contribution < -0.4 is 5.32 Å². The molecule has 25 heavy (non-hydrogen) atoms. The van der Waals surface area contributed by atoms with Crippen LogP contribution in [0.15, 0.2) is 24.3 Å². The molecule has 2 N–H and O–H groups in total. The number of likely N-dealkylation sites (tertiary alicyclic amines) is 1. The largest absolute Gasteiger partial charge is 0.481 e. The summed E-state index contributed by atoms with van der Waals surface area (Å²) in [6.45, 7) is 5.87. The minimum atomic E-state index is -1.12. The Bertz CT molecular complexity index is 652. The molecule has 1 atom stereocenters. The molecular weight excluding hydrogens is 320 g/mol. The van der Waals surface area contributed by atoms with Crippen molar-refractivity contribution in [3.63, 3.8) is 0 Å². The molecule has 0 spiro atoms. The second kappa shape index (κ2) is 7.68. The Morgan fingerprint density at radius 3 is 2.40 bits per heavy atom. The number of carbonyl (C=O) groups excluding carboxylic acids is 2. The van der Waals surface area contributed by atoms with Crippen molar-refractivity contribution < 1.29 is 19.5 Å². The highest BCUT2D eigenvalue weighted by Crippen LogP contribution is 2.22. The number of rotatable bonds is 5. The first kappa shape index (κ1) is 19.0. The molecule has 1 aliphatic rings. The maximum Gasteiger partial charge on any atom is 0.309 e. The summed E-state index contributed by atoms with van der Waals surface area (Å²) in [5, 5.41) is 11.8. The van der Waals surface area contributed by atoms with E-state index in [-0.39, 0.29) is 24.3 Å². The standard InChI is InChI=1S/C19H26N2O4/c1-13-6-4-5-11-21(13)17(23)14-7-9-15(10-8-14)20-16(22)12-19(2,3)18(24)25/h7-10,13H,4-6,11-12H2,1-3H3,(H,20,22)(H,24,25). The predicted molar refractivity (Wildman–Crippen MR) is 95.5 cm³/mol. The van der Waals surface area contributed by atoms with E-state index in [0.717, 1.165) is 25.8 Å². The van der Waals surface area contributed by atoms with E-state index >= 15 is 0 Å². The average molecular weight is 346 g/mol. The molecule has 1 heterocycles. The van der Waals surface area contributed by atoms with Crippen molar-refractivity contribution in [3.8, 4) is 0 Å². The van der Waals surface area contributed by atoms with Gasteiger partial charge in [0, 0.05) is 30.3 Å². The molecule has 1 aromatic rings. The van der Waals surface area contributed by atoms with Gasteiger partial charge in [-0.15, -0.1) is 0 Å². The molecule has 1 saturated heterocycles. The third-order valence-electron chi connectivity index (χ3n) is 4.66. The molecule has 0 aliphatic carbocycles. The summed E-state index contributed by atoms with van der Waals surface area (Å²) in [5.74, 6) is -1.37. The Balaban J connectivity index is 1.98. The van der Waals surface area contributed by atoms with Crippen molar-refractivity contribution in [2.75, 3.05) is 11.9 Å². The highest BCUT2D eigenvalue weighted by Gasteiger charge is 2.30. The van der Waals surface area contributed by atoms with Crippen molar-refractivity contribution >= 4 is 23.5 Å². The second-order valence-electron chi connectivity index (χ2n) is 7.33. The van der Waals surface area contributed by atoms with Crippen molar-refractivity contribution in [1.82, 2.24) is 4.90 Å². The number of carboxylic acid groups (broad SMARTS) is 1. The van der Waals surface area contributed by atoms with Gasteiger partial charge in [-0.2, -0.15) is 0 Å². The lowest BCUT2D eigenvalue weighted by molar-refractivity contribution is -0.148. The van der Waals surface area contributed by atoms with Crippen LogP contribution in [0.25, 0.3) is 0 Å². The fourth-order valence-electron chi connectivity index (χ4n) is 2.94. The quantitative estimate of drug-likeness (QED) is 0.857. The molecule has 0 aromatic heterocycles. The van der Waals surface area contributed by atoms with Crippen LogP contribution in [-0.2, 0) is 9.59 Å². The van der Waals surface area contributed by atoms with E-state index in [1.54, 1.807) is 24.3 Å². The van der Waals surface area contributed by atoms with Gasteiger partial charge in [-0.1, -0.05) is 0 Å². The Hall–Kier alpha value is -2.37. The SMILES string of the molecule is CC1CCCCN1C(=O)c1ccc(NC(=O)CC(C)(C)C(=O)O)cc1. The Morgan fingerprint density at radius 2 is 1.84 bits per heavy atom. The van der Waals surface area contributed by atoms with Crippen molar-refractivity contribution in [2.24, 2.45) is 5.41 Å². The van der Waals surface area contributed by atoms with Crippen molar-refractivity contribution in [3.05, 3.63) is 29.8 Å². The number of benzene rings is 1. The Labute approximate surface area is 148 Å². The molecule has 6 heteroatoms. The first-order valence-corrected chi connectivity index (χ1v) is 8.65. The second-order valence-corrected chi connectivity index (χ2v) is 7.33. The highest BCUT2D eigenvalue weighted by atomic mass is 16.4. The zero-order chi connectivity index (χ0) is 18.6. The molecule has 2 amide bonds. The first-order chi connectivity index (χ1) is 11.7. The Morgan fingerprint density at radius 1 is 1.20 bits per heavy atom. The van der Waals surface area contributed by atoms with Crippen LogP contribution in [0.1, 0.15) is 56.8 Å². The molecule has 1 aliphatic heterocycles. The predicted octanol–water partition coefficient (Wildman–Crippen LogP) is 3.14. The fraction of sp³-hybridized carbons (Fsp3) is 0.526. The molecule has 1 aromatic carbocycles. The molecule has 136 valence electrons. The summed E-state index contributed by atoms with van der Waals surface area (Å²) in [6.07, 6.45) is 3.10. The summed E-state index contributed by atoms with van der Waals surface area (Å²) in [4.78, 5) is 37.6. The van der Waals surface area contributed by atoms with Crippen molar-refractivity contribution in [1.29, 1.82) is 0 Å². The van der Waals surface area contributed by atoms with E-state index in [1.807, 2.05) is 4.90 Å².